The SMILES string of the molecule is CCc1ccc(CNc2ccccc2-c2nncn2C)s1. The van der Waals surface area contributed by atoms with E-state index in [9.17, 15) is 0 Å². The van der Waals surface area contributed by atoms with Crippen LogP contribution in [-0.4, -0.2) is 14.8 Å². The van der Waals surface area contributed by atoms with Crippen LogP contribution in [0.5, 0.6) is 0 Å². The lowest BCUT2D eigenvalue weighted by atomic mass is 10.1. The molecule has 1 N–H and O–H groups in total. The molecule has 4 nitrogen and oxygen atoms in total. The monoisotopic (exact) mass is 298 g/mol. The minimum Gasteiger partial charge on any atom is -0.380 e. The van der Waals surface area contributed by atoms with Gasteiger partial charge in [-0.1, -0.05) is 19.1 Å². The number of aromatic nitrogens is 3. The molecule has 0 radical (unpaired) electrons. The lowest BCUT2D eigenvalue weighted by Crippen LogP contribution is -2.01. The van der Waals surface area contributed by atoms with Crippen LogP contribution in [0, 0.1) is 0 Å². The summed E-state index contributed by atoms with van der Waals surface area (Å²) in [6.45, 7) is 3.02. The van der Waals surface area contributed by atoms with Gasteiger partial charge in [-0.3, -0.25) is 0 Å². The number of aryl methyl sites for hydroxylation is 2. The van der Waals surface area contributed by atoms with E-state index in [0.29, 0.717) is 0 Å². The second kappa shape index (κ2) is 6.10. The lowest BCUT2D eigenvalue weighted by Gasteiger charge is -2.10. The molecular formula is C16H18N4S. The molecule has 0 unspecified atom stereocenters. The van der Waals surface area contributed by atoms with Crippen molar-refractivity contribution < 1.29 is 0 Å². The van der Waals surface area contributed by atoms with Gasteiger partial charge in [0.2, 0.25) is 0 Å². The predicted octanol–water partition coefficient (Wildman–Crippen LogP) is 3.72. The van der Waals surface area contributed by atoms with Gasteiger partial charge >= 0.3 is 0 Å². The van der Waals surface area contributed by atoms with Crippen molar-refractivity contribution in [3.05, 3.63) is 52.5 Å². The third kappa shape index (κ3) is 2.97. The second-order valence-electron chi connectivity index (χ2n) is 4.89. The van der Waals surface area contributed by atoms with Gasteiger partial charge < -0.3 is 9.88 Å². The highest BCUT2D eigenvalue weighted by Gasteiger charge is 2.09. The Morgan fingerprint density at radius 1 is 1.14 bits per heavy atom. The zero-order valence-electron chi connectivity index (χ0n) is 12.2. The van der Waals surface area contributed by atoms with Crippen molar-refractivity contribution in [2.24, 2.45) is 7.05 Å². The Morgan fingerprint density at radius 3 is 2.67 bits per heavy atom. The van der Waals surface area contributed by atoms with E-state index in [1.165, 1.54) is 9.75 Å². The molecule has 21 heavy (non-hydrogen) atoms. The Bertz CT molecular complexity index is 729. The summed E-state index contributed by atoms with van der Waals surface area (Å²) >= 11 is 1.86. The summed E-state index contributed by atoms with van der Waals surface area (Å²) < 4.78 is 1.93. The van der Waals surface area contributed by atoms with E-state index in [4.69, 9.17) is 0 Å². The quantitative estimate of drug-likeness (QED) is 0.780. The van der Waals surface area contributed by atoms with Crippen LogP contribution in [0.3, 0.4) is 0 Å². The highest BCUT2D eigenvalue weighted by molar-refractivity contribution is 7.12. The molecule has 1 aromatic carbocycles. The van der Waals surface area contributed by atoms with Crippen molar-refractivity contribution in [3.8, 4) is 11.4 Å². The fourth-order valence-corrected chi connectivity index (χ4v) is 3.15. The topological polar surface area (TPSA) is 42.7 Å². The van der Waals surface area contributed by atoms with E-state index < -0.39 is 0 Å². The molecule has 3 rings (SSSR count). The fraction of sp³-hybridized carbons (Fsp3) is 0.250. The van der Waals surface area contributed by atoms with Crippen molar-refractivity contribution in [3.63, 3.8) is 0 Å². The third-order valence-corrected chi connectivity index (χ3v) is 4.63. The smallest absolute Gasteiger partial charge is 0.165 e. The number of benzene rings is 1. The molecule has 0 aliphatic heterocycles. The summed E-state index contributed by atoms with van der Waals surface area (Å²) in [5.41, 5.74) is 2.16. The number of para-hydroxylation sites is 1. The molecule has 0 aliphatic rings. The zero-order chi connectivity index (χ0) is 14.7. The highest BCUT2D eigenvalue weighted by atomic mass is 32.1. The van der Waals surface area contributed by atoms with Crippen molar-refractivity contribution in [1.82, 2.24) is 14.8 Å². The van der Waals surface area contributed by atoms with Crippen molar-refractivity contribution in [2.45, 2.75) is 19.9 Å². The Balaban J connectivity index is 1.81. The number of hydrogen-bond donors (Lipinski definition) is 1. The van der Waals surface area contributed by atoms with Crippen LogP contribution >= 0.6 is 11.3 Å². The van der Waals surface area contributed by atoms with Gasteiger partial charge in [0.25, 0.3) is 0 Å². The molecule has 0 saturated heterocycles. The first-order chi connectivity index (χ1) is 10.3. The summed E-state index contributed by atoms with van der Waals surface area (Å²) in [4.78, 5) is 2.77. The van der Waals surface area contributed by atoms with Gasteiger partial charge in [-0.2, -0.15) is 0 Å². The van der Waals surface area contributed by atoms with E-state index in [-0.39, 0.29) is 0 Å². The lowest BCUT2D eigenvalue weighted by molar-refractivity contribution is 0.919. The first kappa shape index (κ1) is 13.8. The molecule has 0 spiro atoms. The highest BCUT2D eigenvalue weighted by Crippen LogP contribution is 2.27. The van der Waals surface area contributed by atoms with Crippen molar-refractivity contribution in [2.75, 3.05) is 5.32 Å². The normalized spacial score (nSPS) is 10.8. The van der Waals surface area contributed by atoms with Gasteiger partial charge in [-0.25, -0.2) is 0 Å². The van der Waals surface area contributed by atoms with Crippen molar-refractivity contribution >= 4 is 17.0 Å². The maximum absolute atomic E-state index is 4.19. The summed E-state index contributed by atoms with van der Waals surface area (Å²) in [7, 11) is 1.96. The summed E-state index contributed by atoms with van der Waals surface area (Å²) in [5.74, 6) is 0.874. The molecule has 0 fully saturated rings. The number of hydrogen-bond acceptors (Lipinski definition) is 4. The number of nitrogens with zero attached hydrogens (tertiary/aromatic N) is 3. The Hall–Kier alpha value is -2.14. The summed E-state index contributed by atoms with van der Waals surface area (Å²) in [5, 5.41) is 11.7. The molecule has 0 amide bonds. The van der Waals surface area contributed by atoms with E-state index in [1.54, 1.807) is 6.33 Å². The van der Waals surface area contributed by atoms with Gasteiger partial charge in [-0.15, -0.1) is 21.5 Å². The maximum atomic E-state index is 4.19. The second-order valence-corrected chi connectivity index (χ2v) is 6.14. The molecular weight excluding hydrogens is 280 g/mol. The van der Waals surface area contributed by atoms with E-state index in [1.807, 2.05) is 35.1 Å². The molecule has 0 atom stereocenters. The molecule has 2 heterocycles. The molecule has 3 aromatic rings. The van der Waals surface area contributed by atoms with Gasteiger partial charge in [-0.05, 0) is 30.7 Å². The summed E-state index contributed by atoms with van der Waals surface area (Å²) in [6, 6.07) is 12.6. The van der Waals surface area contributed by atoms with Crippen LogP contribution < -0.4 is 5.32 Å². The summed E-state index contributed by atoms with van der Waals surface area (Å²) in [6.07, 6.45) is 2.82. The first-order valence-corrected chi connectivity index (χ1v) is 7.84. The van der Waals surface area contributed by atoms with E-state index in [2.05, 4.69) is 46.7 Å². The largest absolute Gasteiger partial charge is 0.380 e. The van der Waals surface area contributed by atoms with Gasteiger partial charge in [0.15, 0.2) is 5.82 Å². The Labute approximate surface area is 128 Å². The van der Waals surface area contributed by atoms with E-state index >= 15 is 0 Å². The number of rotatable bonds is 5. The average Bonchev–Trinajstić information content (AvgIpc) is 3.14. The molecule has 108 valence electrons. The van der Waals surface area contributed by atoms with Gasteiger partial charge in [0.05, 0.1) is 0 Å². The number of nitrogens with one attached hydrogen (secondary N) is 1. The van der Waals surface area contributed by atoms with Gasteiger partial charge in [0, 0.05) is 34.6 Å². The fourth-order valence-electron chi connectivity index (χ4n) is 2.25. The van der Waals surface area contributed by atoms with Crippen LogP contribution in [0.15, 0.2) is 42.7 Å². The van der Waals surface area contributed by atoms with Crippen molar-refractivity contribution in [1.29, 1.82) is 0 Å². The predicted molar refractivity (Wildman–Crippen MR) is 87.5 cm³/mol. The van der Waals surface area contributed by atoms with Crippen LogP contribution in [0.25, 0.3) is 11.4 Å². The molecule has 0 bridgehead atoms. The van der Waals surface area contributed by atoms with Crippen LogP contribution in [0.1, 0.15) is 16.7 Å². The maximum Gasteiger partial charge on any atom is 0.165 e. The molecule has 0 saturated carbocycles. The number of thiophene rings is 1. The standard InChI is InChI=1S/C16H18N4S/c1-3-12-8-9-13(21-12)10-17-15-7-5-4-6-14(15)16-19-18-11-20(16)2/h4-9,11,17H,3,10H2,1-2H3. The number of anilines is 1. The Kier molecular flexibility index (Phi) is 4.01. The molecule has 2 aromatic heterocycles. The zero-order valence-corrected chi connectivity index (χ0v) is 13.0. The van der Waals surface area contributed by atoms with E-state index in [0.717, 1.165) is 30.0 Å². The minimum absolute atomic E-state index is 0.833. The molecule has 0 aliphatic carbocycles. The van der Waals surface area contributed by atoms with Crippen LogP contribution in [-0.2, 0) is 20.0 Å². The minimum atomic E-state index is 0.833. The van der Waals surface area contributed by atoms with Crippen LogP contribution in [0.2, 0.25) is 0 Å². The average molecular weight is 298 g/mol. The van der Waals surface area contributed by atoms with Crippen LogP contribution in [0.4, 0.5) is 5.69 Å². The van der Waals surface area contributed by atoms with Gasteiger partial charge in [0.1, 0.15) is 6.33 Å². The Morgan fingerprint density at radius 2 is 1.95 bits per heavy atom. The first-order valence-electron chi connectivity index (χ1n) is 7.02. The third-order valence-electron chi connectivity index (χ3n) is 3.40. The molecule has 5 heteroatoms.